The lowest BCUT2D eigenvalue weighted by Gasteiger charge is -1.98. The maximum Gasteiger partial charge on any atom is 0.299 e. The fraction of sp³-hybridized carbons (Fsp3) is 0.143. The number of hydrogen-bond acceptors (Lipinski definition) is 6. The lowest BCUT2D eigenvalue weighted by atomic mass is 10.3. The standard InChI is InChI=1S/C14H10N4O3S/c1-18-9-4-10-11(21-7-20-10)5-12(9)22-14(18)17-13(19)8-6-15-2-3-16-8/h2-6H,7H2,1H3. The van der Waals surface area contributed by atoms with Gasteiger partial charge in [0.1, 0.15) is 5.69 Å². The molecule has 22 heavy (non-hydrogen) atoms. The number of fused-ring (bicyclic) bond motifs is 2. The number of ether oxygens (including phenoxy) is 2. The summed E-state index contributed by atoms with van der Waals surface area (Å²) in [7, 11) is 1.85. The predicted molar refractivity (Wildman–Crippen MR) is 78.8 cm³/mol. The van der Waals surface area contributed by atoms with Gasteiger partial charge in [0.05, 0.1) is 16.4 Å². The zero-order valence-corrected chi connectivity index (χ0v) is 12.3. The van der Waals surface area contributed by atoms with E-state index >= 15 is 0 Å². The zero-order valence-electron chi connectivity index (χ0n) is 11.5. The first-order chi connectivity index (χ1) is 10.7. The van der Waals surface area contributed by atoms with Crippen molar-refractivity contribution in [3.05, 3.63) is 41.2 Å². The molecule has 3 heterocycles. The number of rotatable bonds is 1. The Morgan fingerprint density at radius 2 is 2.14 bits per heavy atom. The van der Waals surface area contributed by atoms with E-state index in [1.807, 2.05) is 23.7 Å². The van der Waals surface area contributed by atoms with Gasteiger partial charge in [-0.1, -0.05) is 11.3 Å². The summed E-state index contributed by atoms with van der Waals surface area (Å²) in [5.74, 6) is 0.990. The molecule has 2 aromatic heterocycles. The average molecular weight is 314 g/mol. The smallest absolute Gasteiger partial charge is 0.299 e. The quantitative estimate of drug-likeness (QED) is 0.680. The van der Waals surface area contributed by atoms with Gasteiger partial charge in [-0.2, -0.15) is 4.99 Å². The van der Waals surface area contributed by atoms with E-state index in [-0.39, 0.29) is 12.5 Å². The lowest BCUT2D eigenvalue weighted by molar-refractivity contribution is 0.0993. The summed E-state index contributed by atoms with van der Waals surface area (Å²) in [6.07, 6.45) is 4.38. The van der Waals surface area contributed by atoms with Gasteiger partial charge in [-0.3, -0.25) is 9.78 Å². The molecule has 0 aliphatic carbocycles. The topological polar surface area (TPSA) is 78.6 Å². The minimum Gasteiger partial charge on any atom is -0.454 e. The summed E-state index contributed by atoms with van der Waals surface area (Å²) in [5.41, 5.74) is 1.15. The fourth-order valence-corrected chi connectivity index (χ4v) is 3.20. The van der Waals surface area contributed by atoms with Crippen molar-refractivity contribution in [2.45, 2.75) is 0 Å². The number of hydrogen-bond donors (Lipinski definition) is 0. The SMILES string of the molecule is Cn1c(=NC(=O)c2cnccn2)sc2cc3c(cc21)OCO3. The van der Waals surface area contributed by atoms with Crippen molar-refractivity contribution in [3.8, 4) is 11.5 Å². The van der Waals surface area contributed by atoms with Crippen LogP contribution in [-0.4, -0.2) is 27.2 Å². The van der Waals surface area contributed by atoms with Gasteiger partial charge in [0, 0.05) is 31.6 Å². The Labute approximate surface area is 128 Å². The Morgan fingerprint density at radius 1 is 1.32 bits per heavy atom. The summed E-state index contributed by atoms with van der Waals surface area (Å²) < 4.78 is 13.6. The van der Waals surface area contributed by atoms with Gasteiger partial charge in [-0.05, 0) is 0 Å². The molecule has 3 aromatic rings. The average Bonchev–Trinajstić information content (AvgIpc) is 3.11. The molecule has 0 atom stereocenters. The molecule has 1 aliphatic heterocycles. The van der Waals surface area contributed by atoms with Crippen LogP contribution >= 0.6 is 11.3 Å². The van der Waals surface area contributed by atoms with E-state index in [0.29, 0.717) is 16.3 Å². The summed E-state index contributed by atoms with van der Waals surface area (Å²) >= 11 is 1.40. The van der Waals surface area contributed by atoms with Gasteiger partial charge in [0.2, 0.25) is 6.79 Å². The van der Waals surface area contributed by atoms with Crippen LogP contribution in [-0.2, 0) is 7.05 Å². The van der Waals surface area contributed by atoms with Gasteiger partial charge in [0.15, 0.2) is 16.3 Å². The first kappa shape index (κ1) is 13.0. The minimum absolute atomic E-state index is 0.217. The van der Waals surface area contributed by atoms with E-state index < -0.39 is 5.91 Å². The summed E-state index contributed by atoms with van der Waals surface area (Å²) in [4.78, 5) is 24.7. The number of carbonyl (C=O) groups is 1. The lowest BCUT2D eigenvalue weighted by Crippen LogP contribution is -2.13. The third-order valence-corrected chi connectivity index (χ3v) is 4.38. The number of aryl methyl sites for hydroxylation is 1. The Hall–Kier alpha value is -2.74. The maximum atomic E-state index is 12.1. The highest BCUT2D eigenvalue weighted by Crippen LogP contribution is 2.36. The van der Waals surface area contributed by atoms with Crippen molar-refractivity contribution < 1.29 is 14.3 Å². The largest absolute Gasteiger partial charge is 0.454 e. The molecule has 0 saturated carbocycles. The summed E-state index contributed by atoms with van der Waals surface area (Å²) in [6, 6.07) is 3.79. The molecule has 0 spiro atoms. The number of thiazole rings is 1. The number of amides is 1. The van der Waals surface area contributed by atoms with Gasteiger partial charge in [-0.15, -0.1) is 0 Å². The van der Waals surface area contributed by atoms with E-state index in [9.17, 15) is 4.79 Å². The second-order valence-electron chi connectivity index (χ2n) is 4.62. The van der Waals surface area contributed by atoms with Crippen LogP contribution in [0.2, 0.25) is 0 Å². The molecule has 7 nitrogen and oxygen atoms in total. The Morgan fingerprint density at radius 3 is 2.91 bits per heavy atom. The third kappa shape index (κ3) is 2.04. The van der Waals surface area contributed by atoms with Crippen molar-refractivity contribution in [1.82, 2.24) is 14.5 Å². The van der Waals surface area contributed by atoms with Crippen LogP contribution in [0.25, 0.3) is 10.2 Å². The van der Waals surface area contributed by atoms with Crippen LogP contribution in [0.5, 0.6) is 11.5 Å². The Bertz CT molecular complexity index is 946. The Kier molecular flexibility index (Phi) is 2.90. The van der Waals surface area contributed by atoms with Crippen LogP contribution in [0.15, 0.2) is 35.7 Å². The first-order valence-electron chi connectivity index (χ1n) is 6.46. The van der Waals surface area contributed by atoms with E-state index in [1.54, 1.807) is 0 Å². The molecule has 8 heteroatoms. The molecule has 1 amide bonds. The molecule has 0 unspecified atom stereocenters. The Balaban J connectivity index is 1.84. The molecule has 0 radical (unpaired) electrons. The number of nitrogens with zero attached hydrogens (tertiary/aromatic N) is 4. The van der Waals surface area contributed by atoms with E-state index in [0.717, 1.165) is 10.2 Å². The van der Waals surface area contributed by atoms with Crippen LogP contribution in [0.1, 0.15) is 10.5 Å². The monoisotopic (exact) mass is 314 g/mol. The first-order valence-corrected chi connectivity index (χ1v) is 7.28. The second-order valence-corrected chi connectivity index (χ2v) is 5.63. The molecule has 0 N–H and O–H groups in total. The van der Waals surface area contributed by atoms with Gasteiger partial charge in [-0.25, -0.2) is 4.98 Å². The van der Waals surface area contributed by atoms with Crippen LogP contribution in [0, 0.1) is 0 Å². The van der Waals surface area contributed by atoms with Crippen molar-refractivity contribution >= 4 is 27.5 Å². The van der Waals surface area contributed by atoms with E-state index in [4.69, 9.17) is 9.47 Å². The fourth-order valence-electron chi connectivity index (χ4n) is 2.18. The molecule has 0 bridgehead atoms. The normalized spacial score (nSPS) is 13.8. The van der Waals surface area contributed by atoms with Gasteiger partial charge >= 0.3 is 0 Å². The van der Waals surface area contributed by atoms with Crippen LogP contribution < -0.4 is 14.3 Å². The van der Waals surface area contributed by atoms with E-state index in [2.05, 4.69) is 15.0 Å². The van der Waals surface area contributed by atoms with Crippen molar-refractivity contribution in [2.75, 3.05) is 6.79 Å². The number of carbonyl (C=O) groups excluding carboxylic acids is 1. The van der Waals surface area contributed by atoms with Crippen LogP contribution in [0.3, 0.4) is 0 Å². The highest BCUT2D eigenvalue weighted by molar-refractivity contribution is 7.16. The maximum absolute atomic E-state index is 12.1. The molecule has 4 rings (SSSR count). The van der Waals surface area contributed by atoms with Crippen molar-refractivity contribution in [2.24, 2.45) is 12.0 Å². The number of benzene rings is 1. The van der Waals surface area contributed by atoms with E-state index in [1.165, 1.54) is 29.9 Å². The summed E-state index contributed by atoms with van der Waals surface area (Å²) in [5, 5.41) is 0. The van der Waals surface area contributed by atoms with Crippen LogP contribution in [0.4, 0.5) is 0 Å². The highest BCUT2D eigenvalue weighted by atomic mass is 32.1. The highest BCUT2D eigenvalue weighted by Gasteiger charge is 2.17. The molecule has 110 valence electrons. The molecule has 1 aliphatic rings. The zero-order chi connectivity index (χ0) is 15.1. The van der Waals surface area contributed by atoms with Gasteiger partial charge in [0.25, 0.3) is 5.91 Å². The predicted octanol–water partition coefficient (Wildman–Crippen LogP) is 1.50. The molecule has 1 aromatic carbocycles. The molecular weight excluding hydrogens is 304 g/mol. The van der Waals surface area contributed by atoms with Crippen molar-refractivity contribution in [1.29, 1.82) is 0 Å². The second kappa shape index (κ2) is 4.92. The number of aromatic nitrogens is 3. The third-order valence-electron chi connectivity index (χ3n) is 3.28. The molecule has 0 fully saturated rings. The van der Waals surface area contributed by atoms with Crippen molar-refractivity contribution in [3.63, 3.8) is 0 Å². The molecular formula is C14H10N4O3S. The summed E-state index contributed by atoms with van der Waals surface area (Å²) in [6.45, 7) is 0.235. The minimum atomic E-state index is -0.421. The molecule has 0 saturated heterocycles. The van der Waals surface area contributed by atoms with Gasteiger partial charge < -0.3 is 14.0 Å².